The number of benzene rings is 1. The Morgan fingerprint density at radius 3 is 2.55 bits per heavy atom. The van der Waals surface area contributed by atoms with E-state index in [-0.39, 0.29) is 36.4 Å². The highest BCUT2D eigenvalue weighted by Crippen LogP contribution is 2.82. The Balaban J connectivity index is 1.28. The molecule has 0 radical (unpaired) electrons. The third kappa shape index (κ3) is 4.08. The zero-order chi connectivity index (χ0) is 30.0. The highest BCUT2D eigenvalue weighted by Gasteiger charge is 2.84. The van der Waals surface area contributed by atoms with Gasteiger partial charge in [0.25, 0.3) is 0 Å². The Labute approximate surface area is 249 Å². The van der Waals surface area contributed by atoms with Gasteiger partial charge in [-0.05, 0) is 73.5 Å². The molecule has 42 heavy (non-hydrogen) atoms. The average molecular weight is 582 g/mol. The van der Waals surface area contributed by atoms with Gasteiger partial charge >= 0.3 is 5.97 Å². The molecule has 5 aliphatic rings. The summed E-state index contributed by atoms with van der Waals surface area (Å²) in [5.74, 6) is 0.660. The predicted octanol–water partition coefficient (Wildman–Crippen LogP) is 4.54. The molecule has 4 fully saturated rings. The Hall–Kier alpha value is -2.26. The van der Waals surface area contributed by atoms with Gasteiger partial charge in [0.05, 0.1) is 25.2 Å². The SMILES string of the molecule is COc1ccc(CN2C[C@@H](C)O[C@@H](OCC34C[C@@H]5[C@H](C)CC[C@H]5C5(C=O)CC3C=C(C(C)C)[C@@]45C(=O)O)[C@@H](O)C2)cc1. The van der Waals surface area contributed by atoms with Crippen molar-refractivity contribution in [1.82, 2.24) is 4.90 Å². The number of hydrogen-bond donors (Lipinski definition) is 2. The Bertz CT molecular complexity index is 1230. The molecule has 3 unspecified atom stereocenters. The lowest BCUT2D eigenvalue weighted by atomic mass is 9.43. The van der Waals surface area contributed by atoms with Crippen LogP contribution in [0.3, 0.4) is 0 Å². The lowest BCUT2D eigenvalue weighted by Gasteiger charge is -2.58. The molecule has 1 aromatic rings. The number of carboxylic acids is 1. The fraction of sp³-hybridized carbons (Fsp3) is 0.706. The number of nitrogens with zero attached hydrogens (tertiary/aromatic N) is 1. The predicted molar refractivity (Wildman–Crippen MR) is 157 cm³/mol. The summed E-state index contributed by atoms with van der Waals surface area (Å²) in [6.45, 7) is 10.1. The summed E-state index contributed by atoms with van der Waals surface area (Å²) >= 11 is 0. The molecular formula is C34H47NO7. The number of carbonyl (C=O) groups is 2. The Morgan fingerprint density at radius 1 is 1.17 bits per heavy atom. The van der Waals surface area contributed by atoms with Gasteiger partial charge in [0.1, 0.15) is 23.6 Å². The van der Waals surface area contributed by atoms with Crippen LogP contribution in [0.5, 0.6) is 5.75 Å². The van der Waals surface area contributed by atoms with E-state index in [1.807, 2.05) is 45.0 Å². The summed E-state index contributed by atoms with van der Waals surface area (Å²) in [4.78, 5) is 29.1. The maximum Gasteiger partial charge on any atom is 0.315 e. The van der Waals surface area contributed by atoms with Crippen LogP contribution in [0, 0.1) is 45.8 Å². The monoisotopic (exact) mass is 581 g/mol. The Kier molecular flexibility index (Phi) is 7.61. The maximum absolute atomic E-state index is 13.7. The van der Waals surface area contributed by atoms with E-state index in [0.29, 0.717) is 32.0 Å². The van der Waals surface area contributed by atoms with Crippen molar-refractivity contribution in [3.8, 4) is 5.75 Å². The fourth-order valence-corrected chi connectivity index (χ4v) is 10.3. The number of β-amino-alcohol motifs (C(OH)–C–C–N with tert-alkyl or cyclic N) is 1. The zero-order valence-electron chi connectivity index (χ0n) is 25.6. The van der Waals surface area contributed by atoms with Crippen molar-refractivity contribution in [2.45, 2.75) is 78.4 Å². The molecule has 1 heterocycles. The molecule has 10 atom stereocenters. The molecule has 3 saturated carbocycles. The molecule has 8 heteroatoms. The number of carbonyl (C=O) groups excluding carboxylic acids is 1. The van der Waals surface area contributed by atoms with Gasteiger partial charge < -0.3 is 29.2 Å². The van der Waals surface area contributed by atoms with E-state index in [1.54, 1.807) is 7.11 Å². The van der Waals surface area contributed by atoms with Gasteiger partial charge in [0, 0.05) is 25.0 Å². The van der Waals surface area contributed by atoms with Crippen LogP contribution in [0.25, 0.3) is 0 Å². The topological polar surface area (TPSA) is 106 Å². The van der Waals surface area contributed by atoms with Crippen molar-refractivity contribution >= 4 is 12.3 Å². The second-order valence-corrected chi connectivity index (χ2v) is 14.2. The lowest BCUT2D eigenvalue weighted by Crippen LogP contribution is -2.63. The number of allylic oxidation sites excluding steroid dienone is 1. The normalized spacial score (nSPS) is 42.7. The van der Waals surface area contributed by atoms with Crippen molar-refractivity contribution in [1.29, 1.82) is 0 Å². The van der Waals surface area contributed by atoms with E-state index in [9.17, 15) is 19.8 Å². The van der Waals surface area contributed by atoms with Crippen LogP contribution >= 0.6 is 0 Å². The molecule has 0 aromatic heterocycles. The minimum absolute atomic E-state index is 0.00623. The van der Waals surface area contributed by atoms with Gasteiger partial charge in [0.15, 0.2) is 6.29 Å². The van der Waals surface area contributed by atoms with Crippen LogP contribution in [-0.2, 0) is 25.6 Å². The van der Waals surface area contributed by atoms with Crippen LogP contribution in [0.1, 0.15) is 58.9 Å². The van der Waals surface area contributed by atoms with E-state index in [1.165, 1.54) is 0 Å². The number of rotatable bonds is 9. The molecule has 2 N–H and O–H groups in total. The first-order chi connectivity index (χ1) is 20.0. The summed E-state index contributed by atoms with van der Waals surface area (Å²) in [6.07, 6.45) is 4.45. The van der Waals surface area contributed by atoms with Crippen molar-refractivity contribution in [3.05, 3.63) is 41.5 Å². The second kappa shape index (κ2) is 10.7. The maximum atomic E-state index is 13.7. The number of aliphatic carboxylic acids is 1. The van der Waals surface area contributed by atoms with E-state index >= 15 is 0 Å². The molecule has 1 aliphatic heterocycles. The number of fused-ring (bicyclic) bond motifs is 2. The van der Waals surface area contributed by atoms with E-state index in [4.69, 9.17) is 14.2 Å². The number of methoxy groups -OCH3 is 1. The second-order valence-electron chi connectivity index (χ2n) is 14.2. The molecule has 0 spiro atoms. The van der Waals surface area contributed by atoms with Crippen molar-refractivity contribution < 1.29 is 34.0 Å². The molecule has 1 saturated heterocycles. The average Bonchev–Trinajstić information content (AvgIpc) is 3.48. The Morgan fingerprint density at radius 2 is 1.90 bits per heavy atom. The number of aliphatic hydroxyl groups excluding tert-OH is 1. The molecular weight excluding hydrogens is 534 g/mol. The number of carboxylic acid groups (broad SMARTS) is 1. The fourth-order valence-electron chi connectivity index (χ4n) is 10.3. The number of hydrogen-bond acceptors (Lipinski definition) is 7. The van der Waals surface area contributed by atoms with E-state index in [2.05, 4.69) is 17.9 Å². The largest absolute Gasteiger partial charge is 0.497 e. The standard InChI is InChI=1S/C34H47NO7/c1-20(2)28-12-24-13-32(18-36)27-11-6-21(3)26(27)14-33(24,34(28,32)31(38)39)19-41-30-29(37)17-35(15-22(4)42-30)16-23-7-9-25(40-5)10-8-23/h7-10,12,18,20-22,24,26-27,29-30,37H,6,11,13-17,19H2,1-5H3,(H,38,39)/t21-,22-,24?,26-,27-,29+,30-,32?,33?,34+/m1/s1. The minimum atomic E-state index is -1.30. The first kappa shape index (κ1) is 29.8. The molecule has 4 bridgehead atoms. The van der Waals surface area contributed by atoms with E-state index in [0.717, 1.165) is 42.4 Å². The minimum Gasteiger partial charge on any atom is -0.497 e. The van der Waals surface area contributed by atoms with Crippen LogP contribution in [0.2, 0.25) is 0 Å². The highest BCUT2D eigenvalue weighted by atomic mass is 16.7. The van der Waals surface area contributed by atoms with Gasteiger partial charge in [-0.25, -0.2) is 0 Å². The smallest absolute Gasteiger partial charge is 0.315 e. The summed E-state index contributed by atoms with van der Waals surface area (Å²) in [7, 11) is 1.65. The lowest BCUT2D eigenvalue weighted by molar-refractivity contribution is -0.235. The molecule has 6 rings (SSSR count). The first-order valence-corrected chi connectivity index (χ1v) is 15.7. The van der Waals surface area contributed by atoms with Gasteiger partial charge in [-0.3, -0.25) is 9.69 Å². The van der Waals surface area contributed by atoms with Gasteiger partial charge in [-0.1, -0.05) is 51.0 Å². The third-order valence-electron chi connectivity index (χ3n) is 11.8. The van der Waals surface area contributed by atoms with Crippen molar-refractivity contribution in [3.63, 3.8) is 0 Å². The molecule has 1 aromatic carbocycles. The molecule has 0 amide bonds. The third-order valence-corrected chi connectivity index (χ3v) is 11.8. The number of aliphatic hydroxyl groups is 1. The molecule has 8 nitrogen and oxygen atoms in total. The summed E-state index contributed by atoms with van der Waals surface area (Å²) in [6, 6.07) is 7.91. The summed E-state index contributed by atoms with van der Waals surface area (Å²) in [5, 5.41) is 22.5. The van der Waals surface area contributed by atoms with Gasteiger partial charge in [-0.15, -0.1) is 0 Å². The first-order valence-electron chi connectivity index (χ1n) is 15.7. The number of aldehydes is 1. The molecule has 230 valence electrons. The quantitative estimate of drug-likeness (QED) is 0.324. The zero-order valence-corrected chi connectivity index (χ0v) is 25.6. The van der Waals surface area contributed by atoms with Gasteiger partial charge in [-0.2, -0.15) is 0 Å². The summed E-state index contributed by atoms with van der Waals surface area (Å²) < 4.78 is 18.1. The van der Waals surface area contributed by atoms with Crippen LogP contribution in [0.15, 0.2) is 35.9 Å². The summed E-state index contributed by atoms with van der Waals surface area (Å²) in [5.41, 5.74) is -0.977. The van der Waals surface area contributed by atoms with Crippen molar-refractivity contribution in [2.24, 2.45) is 45.8 Å². The van der Waals surface area contributed by atoms with Crippen LogP contribution in [0.4, 0.5) is 0 Å². The number of ether oxygens (including phenoxy) is 3. The van der Waals surface area contributed by atoms with E-state index < -0.39 is 34.6 Å². The van der Waals surface area contributed by atoms with Crippen LogP contribution in [-0.4, -0.2) is 72.7 Å². The highest BCUT2D eigenvalue weighted by molar-refractivity contribution is 5.90. The molecule has 4 aliphatic carbocycles. The van der Waals surface area contributed by atoms with Crippen LogP contribution < -0.4 is 4.74 Å². The van der Waals surface area contributed by atoms with Gasteiger partial charge in [0.2, 0.25) is 0 Å². The van der Waals surface area contributed by atoms with Crippen molar-refractivity contribution in [2.75, 3.05) is 26.8 Å².